The molecule has 1 heterocycles. The lowest BCUT2D eigenvalue weighted by molar-refractivity contribution is 0.527. The molecule has 4 heteroatoms. The number of hydrogen-bond donors (Lipinski definition) is 1. The van der Waals surface area contributed by atoms with Crippen LogP contribution in [-0.4, -0.2) is 4.57 Å². The molecule has 15 heavy (non-hydrogen) atoms. The van der Waals surface area contributed by atoms with Crippen molar-refractivity contribution in [3.05, 3.63) is 34.3 Å². The first-order chi connectivity index (χ1) is 7.13. The fraction of sp³-hybridized carbons (Fsp3) is 0.364. The number of aryl methyl sites for hydroxylation is 1. The zero-order valence-electron chi connectivity index (χ0n) is 8.86. The van der Waals surface area contributed by atoms with Gasteiger partial charge in [0.15, 0.2) is 5.58 Å². The SMILES string of the molecule is CCC(N)c1ccc2c(c1)oc(=O)n2C. The van der Waals surface area contributed by atoms with Crippen molar-refractivity contribution in [3.63, 3.8) is 0 Å². The Bertz CT molecular complexity index is 539. The summed E-state index contributed by atoms with van der Waals surface area (Å²) in [5.41, 5.74) is 8.30. The number of rotatable bonds is 2. The maximum atomic E-state index is 11.3. The van der Waals surface area contributed by atoms with Crippen LogP contribution in [0.5, 0.6) is 0 Å². The van der Waals surface area contributed by atoms with Crippen molar-refractivity contribution in [1.29, 1.82) is 0 Å². The first-order valence-corrected chi connectivity index (χ1v) is 4.98. The second-order valence-corrected chi connectivity index (χ2v) is 3.67. The van der Waals surface area contributed by atoms with Gasteiger partial charge in [-0.05, 0) is 24.1 Å². The highest BCUT2D eigenvalue weighted by Crippen LogP contribution is 2.19. The van der Waals surface area contributed by atoms with Crippen LogP contribution in [0.15, 0.2) is 27.4 Å². The van der Waals surface area contributed by atoms with E-state index in [9.17, 15) is 4.79 Å². The second kappa shape index (κ2) is 3.55. The monoisotopic (exact) mass is 206 g/mol. The molecule has 2 rings (SSSR count). The van der Waals surface area contributed by atoms with E-state index in [2.05, 4.69) is 0 Å². The van der Waals surface area contributed by atoms with Crippen LogP contribution >= 0.6 is 0 Å². The molecule has 0 spiro atoms. The fourth-order valence-corrected chi connectivity index (χ4v) is 1.62. The lowest BCUT2D eigenvalue weighted by Crippen LogP contribution is -2.09. The molecule has 0 aliphatic carbocycles. The molecule has 1 aromatic carbocycles. The number of hydrogen-bond acceptors (Lipinski definition) is 3. The van der Waals surface area contributed by atoms with Crippen LogP contribution in [0.4, 0.5) is 0 Å². The van der Waals surface area contributed by atoms with Gasteiger partial charge in [0, 0.05) is 13.1 Å². The maximum absolute atomic E-state index is 11.3. The van der Waals surface area contributed by atoms with E-state index in [-0.39, 0.29) is 11.8 Å². The molecule has 80 valence electrons. The molecule has 1 atom stereocenters. The number of fused-ring (bicyclic) bond motifs is 1. The third-order valence-electron chi connectivity index (χ3n) is 2.68. The predicted molar refractivity (Wildman–Crippen MR) is 58.7 cm³/mol. The third-order valence-corrected chi connectivity index (χ3v) is 2.68. The van der Waals surface area contributed by atoms with Crippen LogP contribution < -0.4 is 11.5 Å². The van der Waals surface area contributed by atoms with Gasteiger partial charge in [-0.25, -0.2) is 4.79 Å². The van der Waals surface area contributed by atoms with E-state index in [4.69, 9.17) is 10.2 Å². The van der Waals surface area contributed by atoms with Crippen molar-refractivity contribution in [2.24, 2.45) is 12.8 Å². The minimum atomic E-state index is -0.341. The maximum Gasteiger partial charge on any atom is 0.419 e. The van der Waals surface area contributed by atoms with Crippen molar-refractivity contribution in [2.75, 3.05) is 0 Å². The molecule has 0 aliphatic rings. The highest BCUT2D eigenvalue weighted by atomic mass is 16.4. The Morgan fingerprint density at radius 1 is 1.53 bits per heavy atom. The van der Waals surface area contributed by atoms with Gasteiger partial charge in [-0.2, -0.15) is 0 Å². The molecule has 1 unspecified atom stereocenters. The molecule has 0 fully saturated rings. The average Bonchev–Trinajstić information content (AvgIpc) is 2.53. The Morgan fingerprint density at radius 2 is 2.27 bits per heavy atom. The third kappa shape index (κ3) is 1.57. The van der Waals surface area contributed by atoms with Crippen LogP contribution in [0.1, 0.15) is 24.9 Å². The first kappa shape index (κ1) is 9.98. The summed E-state index contributed by atoms with van der Waals surface area (Å²) in [5.74, 6) is -0.341. The Hall–Kier alpha value is -1.55. The molecule has 2 N–H and O–H groups in total. The van der Waals surface area contributed by atoms with Crippen molar-refractivity contribution in [1.82, 2.24) is 4.57 Å². The van der Waals surface area contributed by atoms with Gasteiger partial charge in [0.2, 0.25) is 0 Å². The summed E-state index contributed by atoms with van der Waals surface area (Å²) < 4.78 is 6.57. The Kier molecular flexibility index (Phi) is 2.36. The normalized spacial score (nSPS) is 13.3. The van der Waals surface area contributed by atoms with E-state index < -0.39 is 0 Å². The summed E-state index contributed by atoms with van der Waals surface area (Å²) in [4.78, 5) is 11.3. The molecular weight excluding hydrogens is 192 g/mol. The molecular formula is C11H14N2O2. The van der Waals surface area contributed by atoms with Gasteiger partial charge >= 0.3 is 5.76 Å². The smallest absolute Gasteiger partial charge is 0.408 e. The summed E-state index contributed by atoms with van der Waals surface area (Å²) in [6.07, 6.45) is 0.864. The van der Waals surface area contributed by atoms with Gasteiger partial charge in [0.05, 0.1) is 5.52 Å². The number of aromatic nitrogens is 1. The van der Waals surface area contributed by atoms with Gasteiger partial charge in [0.1, 0.15) is 0 Å². The van der Waals surface area contributed by atoms with Gasteiger partial charge in [-0.3, -0.25) is 4.57 Å². The minimum absolute atomic E-state index is 0.0000850. The second-order valence-electron chi connectivity index (χ2n) is 3.67. The number of nitrogens with zero attached hydrogens (tertiary/aromatic N) is 1. The molecule has 4 nitrogen and oxygen atoms in total. The van der Waals surface area contributed by atoms with Crippen LogP contribution in [0, 0.1) is 0 Å². The number of nitrogens with two attached hydrogens (primary N) is 1. The Morgan fingerprint density at radius 3 is 2.93 bits per heavy atom. The molecule has 1 aromatic heterocycles. The molecule has 0 saturated carbocycles. The topological polar surface area (TPSA) is 61.2 Å². The lowest BCUT2D eigenvalue weighted by atomic mass is 10.1. The number of oxazole rings is 1. The fourth-order valence-electron chi connectivity index (χ4n) is 1.62. The van der Waals surface area contributed by atoms with Crippen molar-refractivity contribution < 1.29 is 4.42 Å². The predicted octanol–water partition coefficient (Wildman–Crippen LogP) is 1.54. The summed E-state index contributed by atoms with van der Waals surface area (Å²) in [6, 6.07) is 5.64. The summed E-state index contributed by atoms with van der Waals surface area (Å²) in [6.45, 7) is 2.02. The van der Waals surface area contributed by atoms with Crippen LogP contribution in [0.3, 0.4) is 0 Å². The molecule has 0 saturated heterocycles. The quantitative estimate of drug-likeness (QED) is 0.810. The van der Waals surface area contributed by atoms with Crippen molar-refractivity contribution in [3.8, 4) is 0 Å². The highest BCUT2D eigenvalue weighted by Gasteiger charge is 2.09. The largest absolute Gasteiger partial charge is 0.419 e. The van der Waals surface area contributed by atoms with E-state index in [1.54, 1.807) is 7.05 Å². The van der Waals surface area contributed by atoms with Gasteiger partial charge < -0.3 is 10.2 Å². The molecule has 0 radical (unpaired) electrons. The molecule has 0 aliphatic heterocycles. The van der Waals surface area contributed by atoms with Crippen molar-refractivity contribution in [2.45, 2.75) is 19.4 Å². The van der Waals surface area contributed by atoms with E-state index in [1.165, 1.54) is 4.57 Å². The molecule has 2 aromatic rings. The summed E-state index contributed by atoms with van der Waals surface area (Å²) in [5, 5.41) is 0. The van der Waals surface area contributed by atoms with E-state index in [0.29, 0.717) is 5.58 Å². The standard InChI is InChI=1S/C11H14N2O2/c1-3-8(12)7-4-5-9-10(6-7)15-11(14)13(9)2/h4-6,8H,3,12H2,1-2H3. The van der Waals surface area contributed by atoms with Gasteiger partial charge in [-0.15, -0.1) is 0 Å². The van der Waals surface area contributed by atoms with E-state index >= 15 is 0 Å². The van der Waals surface area contributed by atoms with E-state index in [1.807, 2.05) is 25.1 Å². The summed E-state index contributed by atoms with van der Waals surface area (Å²) >= 11 is 0. The number of benzene rings is 1. The van der Waals surface area contributed by atoms with E-state index in [0.717, 1.165) is 17.5 Å². The zero-order valence-corrected chi connectivity index (χ0v) is 8.86. The lowest BCUT2D eigenvalue weighted by Gasteiger charge is -2.07. The van der Waals surface area contributed by atoms with Crippen LogP contribution in [0.2, 0.25) is 0 Å². The molecule has 0 bridgehead atoms. The van der Waals surface area contributed by atoms with Crippen molar-refractivity contribution >= 4 is 11.1 Å². The summed E-state index contributed by atoms with van der Waals surface area (Å²) in [7, 11) is 1.69. The minimum Gasteiger partial charge on any atom is -0.408 e. The average molecular weight is 206 g/mol. The van der Waals surface area contributed by atoms with Crippen LogP contribution in [-0.2, 0) is 7.05 Å². The van der Waals surface area contributed by atoms with Gasteiger partial charge in [0.25, 0.3) is 0 Å². The van der Waals surface area contributed by atoms with Crippen LogP contribution in [0.25, 0.3) is 11.1 Å². The Balaban J connectivity index is 2.62. The zero-order chi connectivity index (χ0) is 11.0. The molecule has 0 amide bonds. The highest BCUT2D eigenvalue weighted by molar-refractivity contribution is 5.73. The first-order valence-electron chi connectivity index (χ1n) is 4.98. The Labute approximate surface area is 87.3 Å². The van der Waals surface area contributed by atoms with Gasteiger partial charge in [-0.1, -0.05) is 13.0 Å².